The summed E-state index contributed by atoms with van der Waals surface area (Å²) in [5, 5.41) is 14.6. The number of carbonyl (C=O) groups is 1. The van der Waals surface area contributed by atoms with Crippen molar-refractivity contribution >= 4 is 34.2 Å². The van der Waals surface area contributed by atoms with E-state index in [1.54, 1.807) is 25.1 Å². The van der Waals surface area contributed by atoms with E-state index in [9.17, 15) is 18.0 Å². The standard InChI is InChI=1S/C26H32F3N5O/c1-4-18(16-30)25(35)31-12-6-7-20-15-22-21(24(33-20)17(2)26(27,28)29)8-5-9-23(22)32-19-10-13-34(3)14-11-19/h4-5,8-9,15-16,19,30,32H,2,6-7,10-14H2,1,3H3,(H,31,35)/b18-4+,30-16?. The molecule has 1 fully saturated rings. The van der Waals surface area contributed by atoms with Crippen LogP contribution in [0, 0.1) is 5.41 Å². The number of rotatable bonds is 9. The van der Waals surface area contributed by atoms with Gasteiger partial charge in [-0.15, -0.1) is 0 Å². The number of pyridine rings is 1. The average molecular weight is 488 g/mol. The van der Waals surface area contributed by atoms with Crippen molar-refractivity contribution in [2.75, 3.05) is 32.0 Å². The van der Waals surface area contributed by atoms with Crippen LogP contribution in [0.15, 0.2) is 42.5 Å². The smallest absolute Gasteiger partial charge is 0.382 e. The lowest BCUT2D eigenvalue weighted by atomic mass is 9.99. The van der Waals surface area contributed by atoms with Crippen LogP contribution in [0.4, 0.5) is 18.9 Å². The maximum absolute atomic E-state index is 13.6. The molecule has 3 rings (SSSR count). The molecule has 0 radical (unpaired) electrons. The SMILES string of the molecule is C=C(c1nc(CCCNC(=O)/C(C=N)=C/C)cc2c(NC3CCN(C)CC3)cccc12)C(F)(F)F. The van der Waals surface area contributed by atoms with Crippen LogP contribution in [-0.4, -0.2) is 60.9 Å². The molecule has 1 aliphatic rings. The first-order valence-electron chi connectivity index (χ1n) is 11.7. The van der Waals surface area contributed by atoms with E-state index in [2.05, 4.69) is 34.1 Å². The molecule has 35 heavy (non-hydrogen) atoms. The summed E-state index contributed by atoms with van der Waals surface area (Å²) < 4.78 is 40.8. The maximum Gasteiger partial charge on any atom is 0.417 e. The van der Waals surface area contributed by atoms with Gasteiger partial charge < -0.3 is 20.9 Å². The van der Waals surface area contributed by atoms with Gasteiger partial charge >= 0.3 is 6.18 Å². The lowest BCUT2D eigenvalue weighted by Gasteiger charge is -2.30. The molecule has 1 aliphatic heterocycles. The second-order valence-electron chi connectivity index (χ2n) is 8.81. The highest BCUT2D eigenvalue weighted by atomic mass is 19.4. The van der Waals surface area contributed by atoms with Crippen LogP contribution in [0.3, 0.4) is 0 Å². The first-order valence-corrected chi connectivity index (χ1v) is 11.7. The largest absolute Gasteiger partial charge is 0.417 e. The van der Waals surface area contributed by atoms with Crippen molar-refractivity contribution in [2.24, 2.45) is 0 Å². The number of amides is 1. The molecule has 9 heteroatoms. The van der Waals surface area contributed by atoms with Crippen LogP contribution in [0.25, 0.3) is 16.3 Å². The van der Waals surface area contributed by atoms with E-state index in [0.29, 0.717) is 35.9 Å². The zero-order valence-electron chi connectivity index (χ0n) is 20.1. The monoisotopic (exact) mass is 487 g/mol. The number of piperidine rings is 1. The van der Waals surface area contributed by atoms with Crippen LogP contribution in [-0.2, 0) is 11.2 Å². The third kappa shape index (κ3) is 6.69. The van der Waals surface area contributed by atoms with Crippen LogP contribution in [0.2, 0.25) is 0 Å². The zero-order valence-corrected chi connectivity index (χ0v) is 20.1. The quantitative estimate of drug-likeness (QED) is 0.265. The van der Waals surface area contributed by atoms with Crippen LogP contribution in [0.5, 0.6) is 0 Å². The zero-order chi connectivity index (χ0) is 25.6. The van der Waals surface area contributed by atoms with Gasteiger partial charge in [0.1, 0.15) is 0 Å². The molecular formula is C26H32F3N5O. The van der Waals surface area contributed by atoms with Crippen molar-refractivity contribution in [3.8, 4) is 0 Å². The van der Waals surface area contributed by atoms with E-state index in [4.69, 9.17) is 5.41 Å². The Bertz CT molecular complexity index is 1120. The molecule has 2 heterocycles. The van der Waals surface area contributed by atoms with Gasteiger partial charge in [-0.3, -0.25) is 9.78 Å². The molecular weight excluding hydrogens is 455 g/mol. The molecule has 0 spiro atoms. The third-order valence-electron chi connectivity index (χ3n) is 6.26. The number of halogens is 3. The van der Waals surface area contributed by atoms with Crippen LogP contribution < -0.4 is 10.6 Å². The molecule has 0 unspecified atom stereocenters. The van der Waals surface area contributed by atoms with Crippen molar-refractivity contribution in [1.82, 2.24) is 15.2 Å². The Morgan fingerprint density at radius 1 is 1.29 bits per heavy atom. The van der Waals surface area contributed by atoms with Crippen molar-refractivity contribution in [2.45, 2.75) is 44.8 Å². The lowest BCUT2D eigenvalue weighted by Crippen LogP contribution is -2.36. The molecule has 2 aromatic rings. The minimum atomic E-state index is -4.60. The number of allylic oxidation sites excluding steroid dienone is 2. The van der Waals surface area contributed by atoms with Gasteiger partial charge in [0, 0.05) is 41.0 Å². The van der Waals surface area contributed by atoms with E-state index < -0.39 is 11.7 Å². The van der Waals surface area contributed by atoms with Gasteiger partial charge in [0.2, 0.25) is 0 Å². The number of aromatic nitrogens is 1. The van der Waals surface area contributed by atoms with Gasteiger partial charge in [-0.2, -0.15) is 13.2 Å². The molecule has 1 saturated heterocycles. The number of fused-ring (bicyclic) bond motifs is 1. The number of anilines is 1. The van der Waals surface area contributed by atoms with Gasteiger partial charge in [-0.05, 0) is 64.9 Å². The molecule has 3 N–H and O–H groups in total. The number of benzene rings is 1. The van der Waals surface area contributed by atoms with Gasteiger partial charge in [-0.1, -0.05) is 24.8 Å². The molecule has 0 saturated carbocycles. The van der Waals surface area contributed by atoms with E-state index in [1.165, 1.54) is 0 Å². The number of nitrogens with one attached hydrogen (secondary N) is 3. The highest BCUT2D eigenvalue weighted by Crippen LogP contribution is 2.37. The summed E-state index contributed by atoms with van der Waals surface area (Å²) in [5.41, 5.74) is 0.401. The first-order chi connectivity index (χ1) is 16.6. The maximum atomic E-state index is 13.6. The predicted octanol–water partition coefficient (Wildman–Crippen LogP) is 4.96. The average Bonchev–Trinajstić information content (AvgIpc) is 2.83. The minimum Gasteiger partial charge on any atom is -0.382 e. The summed E-state index contributed by atoms with van der Waals surface area (Å²) in [7, 11) is 2.08. The Hall–Kier alpha value is -3.20. The Balaban J connectivity index is 1.87. The summed E-state index contributed by atoms with van der Waals surface area (Å²) >= 11 is 0. The van der Waals surface area contributed by atoms with Gasteiger partial charge in [0.05, 0.1) is 16.8 Å². The Kier molecular flexibility index (Phi) is 8.67. The fraction of sp³-hybridized carbons (Fsp3) is 0.423. The lowest BCUT2D eigenvalue weighted by molar-refractivity contribution is -0.117. The summed E-state index contributed by atoms with van der Waals surface area (Å²) in [6, 6.07) is 7.35. The Morgan fingerprint density at radius 3 is 2.63 bits per heavy atom. The number of hydrogen-bond donors (Lipinski definition) is 3. The molecule has 0 atom stereocenters. The molecule has 0 aliphatic carbocycles. The van der Waals surface area contributed by atoms with Crippen molar-refractivity contribution in [3.63, 3.8) is 0 Å². The Labute approximate surface area is 203 Å². The summed E-state index contributed by atoms with van der Waals surface area (Å²) in [6.07, 6.45) is 0.705. The normalized spacial score (nSPS) is 15.7. The number of likely N-dealkylation sites (tertiary alicyclic amines) is 1. The van der Waals surface area contributed by atoms with Crippen molar-refractivity contribution in [3.05, 3.63) is 53.9 Å². The third-order valence-corrected chi connectivity index (χ3v) is 6.26. The number of nitrogens with zero attached hydrogens (tertiary/aromatic N) is 2. The number of aryl methyl sites for hydroxylation is 1. The van der Waals surface area contributed by atoms with Crippen molar-refractivity contribution < 1.29 is 18.0 Å². The van der Waals surface area contributed by atoms with Crippen LogP contribution >= 0.6 is 0 Å². The van der Waals surface area contributed by atoms with E-state index in [1.807, 2.05) is 12.1 Å². The van der Waals surface area contributed by atoms with Gasteiger partial charge in [-0.25, -0.2) is 0 Å². The second kappa shape index (κ2) is 11.5. The van der Waals surface area contributed by atoms with E-state index >= 15 is 0 Å². The van der Waals surface area contributed by atoms with Crippen LogP contribution in [0.1, 0.15) is 37.6 Å². The molecule has 1 aromatic heterocycles. The fourth-order valence-electron chi connectivity index (χ4n) is 4.17. The highest BCUT2D eigenvalue weighted by molar-refractivity contribution is 6.11. The van der Waals surface area contributed by atoms with Gasteiger partial charge in [0.15, 0.2) is 0 Å². The second-order valence-corrected chi connectivity index (χ2v) is 8.81. The summed E-state index contributed by atoms with van der Waals surface area (Å²) in [6.45, 7) is 7.21. The summed E-state index contributed by atoms with van der Waals surface area (Å²) in [5.74, 6) is -0.357. The highest BCUT2D eigenvalue weighted by Gasteiger charge is 2.35. The molecule has 0 bridgehead atoms. The number of hydrogen-bond acceptors (Lipinski definition) is 5. The topological polar surface area (TPSA) is 81.1 Å². The molecule has 6 nitrogen and oxygen atoms in total. The van der Waals surface area contributed by atoms with E-state index in [-0.39, 0.29) is 23.2 Å². The fourth-order valence-corrected chi connectivity index (χ4v) is 4.17. The molecule has 188 valence electrons. The number of carbonyl (C=O) groups excluding carboxylic acids is 1. The molecule has 1 amide bonds. The predicted molar refractivity (Wildman–Crippen MR) is 135 cm³/mol. The summed E-state index contributed by atoms with van der Waals surface area (Å²) in [4.78, 5) is 18.6. The van der Waals surface area contributed by atoms with E-state index in [0.717, 1.165) is 37.8 Å². The Morgan fingerprint density at radius 2 is 2.00 bits per heavy atom. The van der Waals surface area contributed by atoms with Gasteiger partial charge in [0.25, 0.3) is 5.91 Å². The molecule has 1 aromatic carbocycles. The first kappa shape index (κ1) is 26.4. The van der Waals surface area contributed by atoms with Crippen molar-refractivity contribution in [1.29, 1.82) is 5.41 Å². The number of alkyl halides is 3. The minimum absolute atomic E-state index is 0.166.